The van der Waals surface area contributed by atoms with Gasteiger partial charge in [-0.2, -0.15) is 0 Å². The normalized spacial score (nSPS) is 20.9. The molecule has 0 bridgehead atoms. The topological polar surface area (TPSA) is 90.1 Å². The van der Waals surface area contributed by atoms with Crippen LogP contribution in [0, 0.1) is 11.2 Å². The standard InChI is InChI=1S/C22H22ClFN4O2S/c23-16-4-2-5-17(19(16)24)30-15-7-9-22(10-8-15,20(25)29)13-14-3-1-6-18(27-14)28-21-26-11-12-31-21/h1-6,11-12,15H,7-10,13H2,(H2,25,29)(H,26,27,28)/t15-,22-. The van der Waals surface area contributed by atoms with Crippen LogP contribution in [0.4, 0.5) is 15.3 Å². The summed E-state index contributed by atoms with van der Waals surface area (Å²) in [6, 6.07) is 10.3. The molecule has 162 valence electrons. The molecule has 31 heavy (non-hydrogen) atoms. The maximum Gasteiger partial charge on any atom is 0.224 e. The Hall–Kier alpha value is -2.71. The Morgan fingerprint density at radius 3 is 2.77 bits per heavy atom. The van der Waals surface area contributed by atoms with Crippen LogP contribution in [0.5, 0.6) is 5.75 Å². The summed E-state index contributed by atoms with van der Waals surface area (Å²) in [4.78, 5) is 21.3. The predicted molar refractivity (Wildman–Crippen MR) is 119 cm³/mol. The molecular weight excluding hydrogens is 439 g/mol. The highest BCUT2D eigenvalue weighted by atomic mass is 35.5. The van der Waals surface area contributed by atoms with E-state index in [1.165, 1.54) is 17.4 Å². The van der Waals surface area contributed by atoms with Crippen LogP contribution in [0.3, 0.4) is 0 Å². The monoisotopic (exact) mass is 460 g/mol. The lowest BCUT2D eigenvalue weighted by atomic mass is 9.69. The van der Waals surface area contributed by atoms with Crippen molar-refractivity contribution in [1.29, 1.82) is 0 Å². The number of primary amides is 1. The fourth-order valence-electron chi connectivity index (χ4n) is 3.92. The highest BCUT2D eigenvalue weighted by Crippen LogP contribution is 2.40. The van der Waals surface area contributed by atoms with Crippen molar-refractivity contribution in [2.45, 2.75) is 38.2 Å². The first kappa shape index (κ1) is 21.5. The maximum atomic E-state index is 14.1. The molecule has 1 aliphatic carbocycles. The number of ether oxygens (including phenoxy) is 1. The average Bonchev–Trinajstić information content (AvgIpc) is 3.26. The lowest BCUT2D eigenvalue weighted by Crippen LogP contribution is -2.44. The van der Waals surface area contributed by atoms with Gasteiger partial charge in [0.15, 0.2) is 16.7 Å². The SMILES string of the molecule is NC(=O)[C@]1(Cc2cccc(Nc3nccs3)n2)CC[C@@H](Oc2cccc(Cl)c2F)CC1. The number of nitrogens with two attached hydrogens (primary N) is 1. The second-order valence-corrected chi connectivity index (χ2v) is 8.97. The van der Waals surface area contributed by atoms with Gasteiger partial charge in [0, 0.05) is 23.7 Å². The molecule has 0 saturated heterocycles. The van der Waals surface area contributed by atoms with Crippen LogP contribution in [-0.4, -0.2) is 22.0 Å². The van der Waals surface area contributed by atoms with Gasteiger partial charge in [0.05, 0.1) is 16.5 Å². The molecule has 2 aromatic heterocycles. The molecule has 0 spiro atoms. The summed E-state index contributed by atoms with van der Waals surface area (Å²) >= 11 is 7.32. The molecule has 0 unspecified atom stereocenters. The summed E-state index contributed by atoms with van der Waals surface area (Å²) in [5.74, 6) is -0.114. The first-order valence-electron chi connectivity index (χ1n) is 9.98. The Bertz CT molecular complexity index is 1060. The van der Waals surface area contributed by atoms with Crippen molar-refractivity contribution in [3.05, 3.63) is 64.5 Å². The number of aromatic nitrogens is 2. The summed E-state index contributed by atoms with van der Waals surface area (Å²) in [5.41, 5.74) is 5.90. The summed E-state index contributed by atoms with van der Waals surface area (Å²) < 4.78 is 20.0. The lowest BCUT2D eigenvalue weighted by Gasteiger charge is -2.37. The van der Waals surface area contributed by atoms with Crippen molar-refractivity contribution in [3.8, 4) is 5.75 Å². The fraction of sp³-hybridized carbons (Fsp3) is 0.318. The van der Waals surface area contributed by atoms with Gasteiger partial charge in [-0.15, -0.1) is 11.3 Å². The predicted octanol–water partition coefficient (Wildman–Crippen LogP) is 5.11. The highest BCUT2D eigenvalue weighted by Gasteiger charge is 2.41. The molecule has 0 radical (unpaired) electrons. The number of nitrogens with zero attached hydrogens (tertiary/aromatic N) is 2. The van der Waals surface area contributed by atoms with Gasteiger partial charge in [-0.25, -0.2) is 14.4 Å². The second kappa shape index (κ2) is 9.20. The van der Waals surface area contributed by atoms with Crippen LogP contribution in [0.1, 0.15) is 31.4 Å². The third-order valence-electron chi connectivity index (χ3n) is 5.62. The van der Waals surface area contributed by atoms with Crippen molar-refractivity contribution in [1.82, 2.24) is 9.97 Å². The molecule has 2 heterocycles. The Kier molecular flexibility index (Phi) is 6.38. The largest absolute Gasteiger partial charge is 0.487 e. The number of nitrogens with one attached hydrogen (secondary N) is 1. The van der Waals surface area contributed by atoms with Crippen molar-refractivity contribution < 1.29 is 13.9 Å². The Morgan fingerprint density at radius 1 is 1.29 bits per heavy atom. The minimum absolute atomic E-state index is 0.0251. The van der Waals surface area contributed by atoms with E-state index in [0.717, 1.165) is 10.8 Å². The van der Waals surface area contributed by atoms with Gasteiger partial charge < -0.3 is 15.8 Å². The zero-order valence-corrected chi connectivity index (χ0v) is 18.3. The fourth-order valence-corrected chi connectivity index (χ4v) is 4.62. The molecule has 1 aliphatic rings. The number of benzene rings is 1. The quantitative estimate of drug-likeness (QED) is 0.511. The Labute approximate surface area is 188 Å². The molecule has 3 N–H and O–H groups in total. The number of anilines is 2. The third-order valence-corrected chi connectivity index (χ3v) is 6.60. The molecule has 6 nitrogen and oxygen atoms in total. The number of carbonyl (C=O) groups is 1. The van der Waals surface area contributed by atoms with E-state index in [-0.39, 0.29) is 22.8 Å². The molecule has 1 amide bonds. The van der Waals surface area contributed by atoms with Gasteiger partial charge >= 0.3 is 0 Å². The summed E-state index contributed by atoms with van der Waals surface area (Å²) in [6.45, 7) is 0. The number of amides is 1. The number of pyridine rings is 1. The number of thiazole rings is 1. The van der Waals surface area contributed by atoms with Crippen LogP contribution >= 0.6 is 22.9 Å². The van der Waals surface area contributed by atoms with Crippen LogP contribution in [0.15, 0.2) is 48.0 Å². The number of hydrogen-bond acceptors (Lipinski definition) is 6. The van der Waals surface area contributed by atoms with E-state index in [2.05, 4.69) is 15.3 Å². The Morgan fingerprint density at radius 2 is 2.06 bits per heavy atom. The molecule has 1 saturated carbocycles. The van der Waals surface area contributed by atoms with Crippen molar-refractivity contribution in [2.75, 3.05) is 5.32 Å². The smallest absolute Gasteiger partial charge is 0.224 e. The molecular formula is C22H22ClFN4O2S. The van der Waals surface area contributed by atoms with Crippen LogP contribution in [-0.2, 0) is 11.2 Å². The molecule has 1 fully saturated rings. The van der Waals surface area contributed by atoms with Crippen LogP contribution in [0.25, 0.3) is 0 Å². The van der Waals surface area contributed by atoms with Crippen LogP contribution in [0.2, 0.25) is 5.02 Å². The third kappa shape index (κ3) is 4.97. The van der Waals surface area contributed by atoms with E-state index in [9.17, 15) is 9.18 Å². The van der Waals surface area contributed by atoms with Crippen molar-refractivity contribution in [3.63, 3.8) is 0 Å². The van der Waals surface area contributed by atoms with Crippen molar-refractivity contribution >= 4 is 39.8 Å². The maximum absolute atomic E-state index is 14.1. The molecule has 0 aliphatic heterocycles. The van der Waals surface area contributed by atoms with Gasteiger partial charge in [0.1, 0.15) is 5.82 Å². The zero-order valence-electron chi connectivity index (χ0n) is 16.7. The van der Waals surface area contributed by atoms with Gasteiger partial charge in [-0.1, -0.05) is 23.7 Å². The highest BCUT2D eigenvalue weighted by molar-refractivity contribution is 7.13. The number of carbonyl (C=O) groups excluding carboxylic acids is 1. The Balaban J connectivity index is 1.43. The van der Waals surface area contributed by atoms with Crippen LogP contribution < -0.4 is 15.8 Å². The van der Waals surface area contributed by atoms with E-state index >= 15 is 0 Å². The van der Waals surface area contributed by atoms with Crippen molar-refractivity contribution in [2.24, 2.45) is 11.1 Å². The first-order chi connectivity index (χ1) is 14.9. The second-order valence-electron chi connectivity index (χ2n) is 7.67. The van der Waals surface area contributed by atoms with E-state index in [4.69, 9.17) is 22.1 Å². The lowest BCUT2D eigenvalue weighted by molar-refractivity contribution is -0.130. The zero-order chi connectivity index (χ0) is 21.8. The summed E-state index contributed by atoms with van der Waals surface area (Å²) in [7, 11) is 0. The van der Waals surface area contributed by atoms with Gasteiger partial charge in [0.25, 0.3) is 0 Å². The number of rotatable bonds is 7. The van der Waals surface area contributed by atoms with Gasteiger partial charge in [-0.05, 0) is 49.9 Å². The summed E-state index contributed by atoms with van der Waals surface area (Å²) in [6.07, 6.45) is 4.22. The van der Waals surface area contributed by atoms with E-state index < -0.39 is 11.2 Å². The van der Waals surface area contributed by atoms with E-state index in [1.807, 2.05) is 23.6 Å². The van der Waals surface area contributed by atoms with Gasteiger partial charge in [0.2, 0.25) is 5.91 Å². The summed E-state index contributed by atoms with van der Waals surface area (Å²) in [5, 5.41) is 5.82. The minimum Gasteiger partial charge on any atom is -0.487 e. The molecule has 3 aromatic rings. The molecule has 4 rings (SSSR count). The molecule has 0 atom stereocenters. The number of hydrogen-bond donors (Lipinski definition) is 2. The minimum atomic E-state index is -0.709. The molecule has 9 heteroatoms. The van der Waals surface area contributed by atoms with Gasteiger partial charge in [-0.3, -0.25) is 4.79 Å². The van der Waals surface area contributed by atoms with E-state index in [0.29, 0.717) is 37.9 Å². The number of halogens is 2. The average molecular weight is 461 g/mol. The van der Waals surface area contributed by atoms with E-state index in [1.54, 1.807) is 18.3 Å². The molecule has 1 aromatic carbocycles. The first-order valence-corrected chi connectivity index (χ1v) is 11.2.